The Balaban J connectivity index is 1.97. The van der Waals surface area contributed by atoms with E-state index >= 15 is 0 Å². The standard InChI is InChI=1S/C23H18ClF6NO3/c1-9-16(10-4-5-12(26)19(27)20(10)33-3)21(34-22(9,2)23(28,29)30)14-8-15(32)17-13(31-14)7-6-11(25)18(17)24/h4-9,16,21H,1-3H3,(H,31,32)/t9-,16-,21-,22+/m0/s1. The second-order valence-corrected chi connectivity index (χ2v) is 8.69. The molecule has 182 valence electrons. The molecular formula is C23H18ClF6NO3. The van der Waals surface area contributed by atoms with Crippen LogP contribution < -0.4 is 10.2 Å². The third kappa shape index (κ3) is 3.54. The molecule has 1 saturated heterocycles. The Labute approximate surface area is 194 Å². The van der Waals surface area contributed by atoms with Crippen molar-refractivity contribution in [3.05, 3.63) is 74.3 Å². The molecule has 0 unspecified atom stereocenters. The maximum Gasteiger partial charge on any atom is 0.417 e. The van der Waals surface area contributed by atoms with Gasteiger partial charge in [-0.25, -0.2) is 8.78 Å². The van der Waals surface area contributed by atoms with Gasteiger partial charge < -0.3 is 14.5 Å². The number of ether oxygens (including phenoxy) is 2. The molecule has 1 aliphatic rings. The minimum atomic E-state index is -4.84. The molecule has 0 spiro atoms. The van der Waals surface area contributed by atoms with E-state index in [2.05, 4.69) is 4.98 Å². The highest BCUT2D eigenvalue weighted by Crippen LogP contribution is 2.59. The predicted molar refractivity (Wildman–Crippen MR) is 113 cm³/mol. The number of rotatable bonds is 3. The molecule has 2 heterocycles. The summed E-state index contributed by atoms with van der Waals surface area (Å²) in [4.78, 5) is 15.5. The van der Waals surface area contributed by atoms with Crippen LogP contribution in [0, 0.1) is 23.4 Å². The summed E-state index contributed by atoms with van der Waals surface area (Å²) in [6, 6.07) is 5.09. The van der Waals surface area contributed by atoms with Crippen molar-refractivity contribution in [3.8, 4) is 5.75 Å². The van der Waals surface area contributed by atoms with Crippen molar-refractivity contribution in [3.63, 3.8) is 0 Å². The molecular weight excluding hydrogens is 488 g/mol. The summed E-state index contributed by atoms with van der Waals surface area (Å²) < 4.78 is 95.0. The number of fused-ring (bicyclic) bond motifs is 1. The molecule has 0 saturated carbocycles. The Morgan fingerprint density at radius 1 is 1.12 bits per heavy atom. The van der Waals surface area contributed by atoms with E-state index in [0.29, 0.717) is 0 Å². The molecule has 4 atom stereocenters. The summed E-state index contributed by atoms with van der Waals surface area (Å²) in [6.45, 7) is 2.12. The van der Waals surface area contributed by atoms with Crippen molar-refractivity contribution in [1.29, 1.82) is 0 Å². The van der Waals surface area contributed by atoms with Crippen LogP contribution in [0.25, 0.3) is 10.9 Å². The molecule has 1 N–H and O–H groups in total. The van der Waals surface area contributed by atoms with Gasteiger partial charge in [-0.1, -0.05) is 24.6 Å². The van der Waals surface area contributed by atoms with Gasteiger partial charge in [0, 0.05) is 29.2 Å². The summed E-state index contributed by atoms with van der Waals surface area (Å²) in [6.07, 6.45) is -6.28. The maximum absolute atomic E-state index is 14.5. The Bertz CT molecular complexity index is 1340. The quantitative estimate of drug-likeness (QED) is 0.418. The fourth-order valence-electron chi connectivity index (χ4n) is 4.53. The smallest absolute Gasteiger partial charge is 0.417 e. The van der Waals surface area contributed by atoms with E-state index in [1.54, 1.807) is 0 Å². The van der Waals surface area contributed by atoms with E-state index in [-0.39, 0.29) is 22.2 Å². The van der Waals surface area contributed by atoms with Gasteiger partial charge in [0.2, 0.25) is 5.82 Å². The topological polar surface area (TPSA) is 51.3 Å². The van der Waals surface area contributed by atoms with Crippen LogP contribution in [0.4, 0.5) is 26.3 Å². The lowest BCUT2D eigenvalue weighted by Crippen LogP contribution is -2.46. The number of methoxy groups -OCH3 is 1. The minimum absolute atomic E-state index is 0.0649. The van der Waals surface area contributed by atoms with E-state index in [4.69, 9.17) is 21.1 Å². The highest BCUT2D eigenvalue weighted by atomic mass is 35.5. The van der Waals surface area contributed by atoms with Crippen LogP contribution >= 0.6 is 11.6 Å². The van der Waals surface area contributed by atoms with E-state index in [1.165, 1.54) is 13.0 Å². The molecule has 3 aromatic rings. The average Bonchev–Trinajstić information content (AvgIpc) is 3.04. The summed E-state index contributed by atoms with van der Waals surface area (Å²) in [5.74, 6) is -6.52. The minimum Gasteiger partial charge on any atom is -0.493 e. The van der Waals surface area contributed by atoms with Crippen LogP contribution in [0.3, 0.4) is 0 Å². The first-order valence-electron chi connectivity index (χ1n) is 10.1. The van der Waals surface area contributed by atoms with E-state index in [1.807, 2.05) is 0 Å². The number of pyridine rings is 1. The van der Waals surface area contributed by atoms with E-state index in [9.17, 15) is 31.1 Å². The Hall–Kier alpha value is -2.72. The van der Waals surface area contributed by atoms with Crippen LogP contribution in [-0.4, -0.2) is 23.9 Å². The fourth-order valence-corrected chi connectivity index (χ4v) is 4.79. The first kappa shape index (κ1) is 24.4. The molecule has 0 aliphatic carbocycles. The predicted octanol–water partition coefficient (Wildman–Crippen LogP) is 6.42. The van der Waals surface area contributed by atoms with Gasteiger partial charge in [-0.3, -0.25) is 4.79 Å². The van der Waals surface area contributed by atoms with Crippen molar-refractivity contribution in [2.75, 3.05) is 7.11 Å². The highest BCUT2D eigenvalue weighted by Gasteiger charge is 2.65. The zero-order valence-electron chi connectivity index (χ0n) is 18.0. The molecule has 11 heteroatoms. The number of hydrogen-bond donors (Lipinski definition) is 1. The van der Waals surface area contributed by atoms with Crippen molar-refractivity contribution in [1.82, 2.24) is 4.98 Å². The first-order valence-corrected chi connectivity index (χ1v) is 10.5. The van der Waals surface area contributed by atoms with Crippen LogP contribution in [0.2, 0.25) is 5.02 Å². The zero-order chi connectivity index (χ0) is 25.2. The lowest BCUT2D eigenvalue weighted by atomic mass is 9.76. The van der Waals surface area contributed by atoms with E-state index < -0.39 is 63.4 Å². The normalized spacial score (nSPS) is 25.2. The number of nitrogens with one attached hydrogen (secondary N) is 1. The second-order valence-electron chi connectivity index (χ2n) is 8.31. The number of benzene rings is 2. The molecule has 1 aliphatic heterocycles. The van der Waals surface area contributed by atoms with Crippen LogP contribution in [0.15, 0.2) is 35.1 Å². The van der Waals surface area contributed by atoms with Gasteiger partial charge >= 0.3 is 6.18 Å². The zero-order valence-corrected chi connectivity index (χ0v) is 18.7. The Morgan fingerprint density at radius 3 is 2.38 bits per heavy atom. The van der Waals surface area contributed by atoms with E-state index in [0.717, 1.165) is 38.3 Å². The lowest BCUT2D eigenvalue weighted by Gasteiger charge is -2.32. The molecule has 1 aromatic heterocycles. The summed E-state index contributed by atoms with van der Waals surface area (Å²) in [5, 5.41) is -0.623. The summed E-state index contributed by atoms with van der Waals surface area (Å²) in [7, 11) is 1.06. The molecule has 34 heavy (non-hydrogen) atoms. The van der Waals surface area contributed by atoms with Crippen molar-refractivity contribution >= 4 is 22.5 Å². The lowest BCUT2D eigenvalue weighted by molar-refractivity contribution is -0.275. The molecule has 4 rings (SSSR count). The number of aromatic amines is 1. The Kier molecular flexibility index (Phi) is 5.88. The monoisotopic (exact) mass is 505 g/mol. The fraction of sp³-hybridized carbons (Fsp3) is 0.348. The first-order chi connectivity index (χ1) is 15.8. The maximum atomic E-state index is 14.5. The molecule has 4 nitrogen and oxygen atoms in total. The molecule has 1 fully saturated rings. The number of H-pyrrole nitrogens is 1. The average molecular weight is 506 g/mol. The summed E-state index contributed by atoms with van der Waals surface area (Å²) >= 11 is 5.90. The van der Waals surface area contributed by atoms with Gasteiger partial charge in [-0.05, 0) is 25.1 Å². The largest absolute Gasteiger partial charge is 0.493 e. The SMILES string of the molecule is COc1c([C@H]2[C@H](c3cc(=O)c4c(Cl)c(F)ccc4[nH]3)O[C@@](C)(C(F)(F)F)[C@H]2C)ccc(F)c1F. The molecule has 2 aromatic carbocycles. The number of halogens is 7. The summed E-state index contributed by atoms with van der Waals surface area (Å²) in [5.41, 5.74) is -3.52. The van der Waals surface area contributed by atoms with Gasteiger partial charge in [-0.2, -0.15) is 17.6 Å². The van der Waals surface area contributed by atoms with Crippen LogP contribution in [-0.2, 0) is 4.74 Å². The van der Waals surface area contributed by atoms with Gasteiger partial charge in [0.05, 0.1) is 23.0 Å². The number of alkyl halides is 3. The van der Waals surface area contributed by atoms with Crippen molar-refractivity contribution in [2.24, 2.45) is 5.92 Å². The van der Waals surface area contributed by atoms with Gasteiger partial charge in [-0.15, -0.1) is 0 Å². The van der Waals surface area contributed by atoms with Gasteiger partial charge in [0.1, 0.15) is 11.9 Å². The van der Waals surface area contributed by atoms with Crippen molar-refractivity contribution < 1.29 is 35.8 Å². The van der Waals surface area contributed by atoms with Gasteiger partial charge in [0.25, 0.3) is 0 Å². The second kappa shape index (κ2) is 8.20. The highest BCUT2D eigenvalue weighted by molar-refractivity contribution is 6.35. The third-order valence-corrected chi connectivity index (χ3v) is 6.89. The van der Waals surface area contributed by atoms with Crippen LogP contribution in [0.5, 0.6) is 5.75 Å². The molecule has 0 bridgehead atoms. The van der Waals surface area contributed by atoms with Gasteiger partial charge in [0.15, 0.2) is 22.6 Å². The number of aromatic nitrogens is 1. The van der Waals surface area contributed by atoms with Crippen molar-refractivity contribution in [2.45, 2.75) is 37.6 Å². The molecule has 0 amide bonds. The van der Waals surface area contributed by atoms with Crippen LogP contribution in [0.1, 0.15) is 37.1 Å². The number of hydrogen-bond acceptors (Lipinski definition) is 3. The third-order valence-electron chi connectivity index (χ3n) is 6.53. The Morgan fingerprint density at radius 2 is 1.76 bits per heavy atom. The molecule has 0 radical (unpaired) electrons.